The highest BCUT2D eigenvalue weighted by Crippen LogP contribution is 2.23. The number of esters is 1. The molecular formula is C16H17NO5S. The Morgan fingerprint density at radius 1 is 1.17 bits per heavy atom. The maximum atomic E-state index is 11.9. The molecular weight excluding hydrogens is 318 g/mol. The summed E-state index contributed by atoms with van der Waals surface area (Å²) in [4.78, 5) is 23.2. The van der Waals surface area contributed by atoms with Gasteiger partial charge in [0, 0.05) is 0 Å². The maximum Gasteiger partial charge on any atom is 0.373 e. The lowest BCUT2D eigenvalue weighted by molar-refractivity contribution is -0.113. The number of amides is 1. The molecule has 122 valence electrons. The number of anilines is 1. The first-order valence-corrected chi connectivity index (χ1v) is 7.97. The second-order valence-corrected chi connectivity index (χ2v) is 5.48. The maximum absolute atomic E-state index is 11.9. The van der Waals surface area contributed by atoms with Gasteiger partial charge in [0.1, 0.15) is 11.5 Å². The number of benzene rings is 1. The summed E-state index contributed by atoms with van der Waals surface area (Å²) in [6.07, 6.45) is 0. The fourth-order valence-corrected chi connectivity index (χ4v) is 2.56. The lowest BCUT2D eigenvalue weighted by atomic mass is 10.3. The Hall–Kier alpha value is -2.41. The van der Waals surface area contributed by atoms with Crippen molar-refractivity contribution in [2.75, 3.05) is 25.3 Å². The third kappa shape index (κ3) is 4.79. The Balaban J connectivity index is 1.81. The Kier molecular flexibility index (Phi) is 6.10. The summed E-state index contributed by atoms with van der Waals surface area (Å²) in [5, 5.41) is 2.79. The number of carbonyl (C=O) groups excluding carboxylic acids is 2. The van der Waals surface area contributed by atoms with E-state index < -0.39 is 5.97 Å². The number of carbonyl (C=O) groups is 2. The number of furan rings is 1. The molecule has 0 fully saturated rings. The van der Waals surface area contributed by atoms with E-state index in [1.165, 1.54) is 18.9 Å². The average molecular weight is 335 g/mol. The van der Waals surface area contributed by atoms with Crippen LogP contribution in [0.3, 0.4) is 0 Å². The van der Waals surface area contributed by atoms with Crippen molar-refractivity contribution in [3.8, 4) is 5.75 Å². The molecule has 0 bridgehead atoms. The molecule has 0 aliphatic heterocycles. The van der Waals surface area contributed by atoms with Crippen LogP contribution < -0.4 is 10.1 Å². The van der Waals surface area contributed by atoms with Crippen LogP contribution in [0.2, 0.25) is 0 Å². The molecule has 1 N–H and O–H groups in total. The second-order valence-electron chi connectivity index (χ2n) is 4.50. The van der Waals surface area contributed by atoms with E-state index in [1.807, 2.05) is 12.1 Å². The minimum absolute atomic E-state index is 0.140. The molecule has 0 spiro atoms. The number of para-hydroxylation sites is 2. The van der Waals surface area contributed by atoms with Crippen molar-refractivity contribution in [3.63, 3.8) is 0 Å². The molecule has 0 unspecified atom stereocenters. The summed E-state index contributed by atoms with van der Waals surface area (Å²) in [5.41, 5.74) is 0.631. The number of thioether (sulfide) groups is 1. The van der Waals surface area contributed by atoms with E-state index in [4.69, 9.17) is 9.15 Å². The number of nitrogens with one attached hydrogen (secondary N) is 1. The minimum atomic E-state index is -0.518. The Bertz CT molecular complexity index is 683. The zero-order valence-corrected chi connectivity index (χ0v) is 13.6. The first-order chi connectivity index (χ1) is 11.1. The summed E-state index contributed by atoms with van der Waals surface area (Å²) >= 11 is 1.38. The van der Waals surface area contributed by atoms with Crippen LogP contribution in [0.25, 0.3) is 0 Å². The summed E-state index contributed by atoms with van der Waals surface area (Å²) in [6, 6.07) is 10.5. The number of ether oxygens (including phenoxy) is 2. The summed E-state index contributed by atoms with van der Waals surface area (Å²) in [7, 11) is 2.84. The quantitative estimate of drug-likeness (QED) is 0.784. The van der Waals surface area contributed by atoms with E-state index in [0.717, 1.165) is 0 Å². The van der Waals surface area contributed by atoms with Gasteiger partial charge in [0.25, 0.3) is 0 Å². The molecule has 0 aliphatic rings. The van der Waals surface area contributed by atoms with E-state index in [0.29, 0.717) is 22.9 Å². The van der Waals surface area contributed by atoms with E-state index in [-0.39, 0.29) is 17.4 Å². The molecule has 7 heteroatoms. The molecule has 0 aliphatic carbocycles. The zero-order valence-electron chi connectivity index (χ0n) is 12.8. The van der Waals surface area contributed by atoms with Crippen LogP contribution in [0.4, 0.5) is 5.69 Å². The van der Waals surface area contributed by atoms with Gasteiger partial charge in [0.05, 0.1) is 31.4 Å². The van der Waals surface area contributed by atoms with Crippen LogP contribution >= 0.6 is 11.8 Å². The molecule has 1 aromatic heterocycles. The lowest BCUT2D eigenvalue weighted by Gasteiger charge is -2.09. The molecule has 0 saturated carbocycles. The van der Waals surface area contributed by atoms with Crippen LogP contribution in [0.5, 0.6) is 5.75 Å². The van der Waals surface area contributed by atoms with Gasteiger partial charge < -0.3 is 19.2 Å². The SMILES string of the molecule is COC(=O)c1ccc(CSCC(=O)Nc2ccccc2OC)o1. The van der Waals surface area contributed by atoms with Crippen LogP contribution in [-0.2, 0) is 15.3 Å². The third-order valence-electron chi connectivity index (χ3n) is 2.91. The average Bonchev–Trinajstić information content (AvgIpc) is 3.03. The molecule has 0 atom stereocenters. The van der Waals surface area contributed by atoms with Gasteiger partial charge in [0.15, 0.2) is 0 Å². The molecule has 2 aromatic rings. The molecule has 1 heterocycles. The topological polar surface area (TPSA) is 77.8 Å². The lowest BCUT2D eigenvalue weighted by Crippen LogP contribution is -2.14. The van der Waals surface area contributed by atoms with Gasteiger partial charge in [-0.05, 0) is 24.3 Å². The minimum Gasteiger partial charge on any atom is -0.495 e. The van der Waals surface area contributed by atoms with Gasteiger partial charge in [-0.25, -0.2) is 4.79 Å². The zero-order chi connectivity index (χ0) is 16.7. The fraction of sp³-hybridized carbons (Fsp3) is 0.250. The van der Waals surface area contributed by atoms with Crippen molar-refractivity contribution in [1.29, 1.82) is 0 Å². The van der Waals surface area contributed by atoms with Gasteiger partial charge >= 0.3 is 5.97 Å². The van der Waals surface area contributed by atoms with E-state index in [2.05, 4.69) is 10.1 Å². The third-order valence-corrected chi connectivity index (χ3v) is 3.86. The molecule has 1 amide bonds. The highest BCUT2D eigenvalue weighted by atomic mass is 32.2. The molecule has 6 nitrogen and oxygen atoms in total. The summed E-state index contributed by atoms with van der Waals surface area (Å²) < 4.78 is 15.1. The Morgan fingerprint density at radius 2 is 1.96 bits per heavy atom. The smallest absolute Gasteiger partial charge is 0.373 e. The van der Waals surface area contributed by atoms with E-state index in [1.54, 1.807) is 31.4 Å². The second kappa shape index (κ2) is 8.28. The largest absolute Gasteiger partial charge is 0.495 e. The number of methoxy groups -OCH3 is 2. The van der Waals surface area contributed by atoms with Crippen molar-refractivity contribution in [3.05, 3.63) is 47.9 Å². The Morgan fingerprint density at radius 3 is 2.70 bits per heavy atom. The molecule has 2 rings (SSSR count). The summed E-state index contributed by atoms with van der Waals surface area (Å²) in [5.74, 6) is 1.46. The first-order valence-electron chi connectivity index (χ1n) is 6.81. The fourth-order valence-electron chi connectivity index (χ4n) is 1.84. The monoisotopic (exact) mass is 335 g/mol. The van der Waals surface area contributed by atoms with Gasteiger partial charge in [-0.15, -0.1) is 11.8 Å². The van der Waals surface area contributed by atoms with Crippen LogP contribution in [0.1, 0.15) is 16.3 Å². The predicted octanol–water partition coefficient (Wildman–Crippen LogP) is 2.95. The van der Waals surface area contributed by atoms with Gasteiger partial charge in [-0.2, -0.15) is 0 Å². The summed E-state index contributed by atoms with van der Waals surface area (Å²) in [6.45, 7) is 0. The number of hydrogen-bond acceptors (Lipinski definition) is 6. The van der Waals surface area contributed by atoms with Crippen molar-refractivity contribution in [1.82, 2.24) is 0 Å². The van der Waals surface area contributed by atoms with Crippen molar-refractivity contribution in [2.45, 2.75) is 5.75 Å². The van der Waals surface area contributed by atoms with Gasteiger partial charge in [-0.1, -0.05) is 12.1 Å². The van der Waals surface area contributed by atoms with Gasteiger partial charge in [0.2, 0.25) is 11.7 Å². The van der Waals surface area contributed by atoms with Crippen LogP contribution in [0.15, 0.2) is 40.8 Å². The van der Waals surface area contributed by atoms with Crippen LogP contribution in [-0.4, -0.2) is 31.8 Å². The highest BCUT2D eigenvalue weighted by molar-refractivity contribution is 7.99. The predicted molar refractivity (Wildman–Crippen MR) is 87.8 cm³/mol. The molecule has 0 radical (unpaired) electrons. The number of hydrogen-bond donors (Lipinski definition) is 1. The normalized spacial score (nSPS) is 10.2. The van der Waals surface area contributed by atoms with Crippen LogP contribution in [0, 0.1) is 0 Å². The highest BCUT2D eigenvalue weighted by Gasteiger charge is 2.12. The van der Waals surface area contributed by atoms with E-state index >= 15 is 0 Å². The van der Waals surface area contributed by atoms with Crippen molar-refractivity contribution < 1.29 is 23.5 Å². The van der Waals surface area contributed by atoms with Crippen molar-refractivity contribution in [2.24, 2.45) is 0 Å². The van der Waals surface area contributed by atoms with Gasteiger partial charge in [-0.3, -0.25) is 4.79 Å². The van der Waals surface area contributed by atoms with E-state index in [9.17, 15) is 9.59 Å². The Labute approximate surface area is 138 Å². The number of rotatable bonds is 7. The molecule has 0 saturated heterocycles. The van der Waals surface area contributed by atoms with Crippen molar-refractivity contribution >= 4 is 29.3 Å². The molecule has 1 aromatic carbocycles. The standard InChI is InChI=1S/C16H17NO5S/c1-20-13-6-4-3-5-12(13)17-15(18)10-23-9-11-7-8-14(22-11)16(19)21-2/h3-8H,9-10H2,1-2H3,(H,17,18). The molecule has 23 heavy (non-hydrogen) atoms. The first kappa shape index (κ1) is 17.0.